The number of halogens is 1. The highest BCUT2D eigenvalue weighted by Gasteiger charge is 2.26. The molecule has 0 saturated carbocycles. The van der Waals surface area contributed by atoms with Crippen molar-refractivity contribution in [3.05, 3.63) is 22.2 Å². The molecular formula is C14H16ClNO3. The highest BCUT2D eigenvalue weighted by atomic mass is 35.5. The number of hydrogen-bond donors (Lipinski definition) is 1. The Morgan fingerprint density at radius 3 is 2.79 bits per heavy atom. The summed E-state index contributed by atoms with van der Waals surface area (Å²) in [5, 5.41) is 3.95. The fourth-order valence-electron chi connectivity index (χ4n) is 2.77. The number of piperidine rings is 1. The summed E-state index contributed by atoms with van der Waals surface area (Å²) >= 11 is 6.30. The molecule has 1 saturated heterocycles. The molecule has 0 radical (unpaired) electrons. The average molecular weight is 282 g/mol. The van der Waals surface area contributed by atoms with E-state index in [1.165, 1.54) is 0 Å². The van der Waals surface area contributed by atoms with Crippen LogP contribution in [-0.2, 0) is 6.42 Å². The fourth-order valence-corrected chi connectivity index (χ4v) is 3.05. The highest BCUT2D eigenvalue weighted by Crippen LogP contribution is 2.43. The monoisotopic (exact) mass is 281 g/mol. The fraction of sp³-hybridized carbons (Fsp3) is 0.500. The van der Waals surface area contributed by atoms with Gasteiger partial charge in [-0.3, -0.25) is 4.79 Å². The first-order valence-corrected chi connectivity index (χ1v) is 6.94. The van der Waals surface area contributed by atoms with Gasteiger partial charge in [-0.05, 0) is 44.3 Å². The Hall–Kier alpha value is -1.26. The number of benzene rings is 1. The summed E-state index contributed by atoms with van der Waals surface area (Å²) in [4.78, 5) is 11.0. The van der Waals surface area contributed by atoms with Gasteiger partial charge in [-0.1, -0.05) is 11.6 Å². The lowest BCUT2D eigenvalue weighted by Gasteiger charge is -2.23. The maximum Gasteiger partial charge on any atom is 0.231 e. The normalized spacial score (nSPS) is 18.6. The van der Waals surface area contributed by atoms with E-state index in [1.54, 1.807) is 6.07 Å². The van der Waals surface area contributed by atoms with E-state index in [9.17, 15) is 4.79 Å². The number of aldehydes is 1. The minimum absolute atomic E-state index is 0.162. The van der Waals surface area contributed by atoms with Crippen molar-refractivity contribution in [2.75, 3.05) is 19.9 Å². The first-order valence-electron chi connectivity index (χ1n) is 6.56. The van der Waals surface area contributed by atoms with Crippen LogP contribution in [0.3, 0.4) is 0 Å². The van der Waals surface area contributed by atoms with Crippen molar-refractivity contribution in [3.8, 4) is 11.5 Å². The van der Waals surface area contributed by atoms with Gasteiger partial charge in [-0.2, -0.15) is 0 Å². The van der Waals surface area contributed by atoms with E-state index in [-0.39, 0.29) is 6.79 Å². The number of ether oxygens (including phenoxy) is 2. The molecule has 0 amide bonds. The van der Waals surface area contributed by atoms with E-state index in [0.717, 1.165) is 44.2 Å². The molecule has 1 fully saturated rings. The number of rotatable bonds is 3. The predicted molar refractivity (Wildman–Crippen MR) is 72.3 cm³/mol. The van der Waals surface area contributed by atoms with Crippen LogP contribution >= 0.6 is 11.6 Å². The predicted octanol–water partition coefficient (Wildman–Crippen LogP) is 2.42. The molecule has 4 nitrogen and oxygen atoms in total. The Bertz CT molecular complexity index is 498. The van der Waals surface area contributed by atoms with E-state index in [1.807, 2.05) is 0 Å². The van der Waals surface area contributed by atoms with E-state index >= 15 is 0 Å². The Labute approximate surface area is 117 Å². The molecule has 3 rings (SSSR count). The van der Waals surface area contributed by atoms with Crippen LogP contribution < -0.4 is 14.8 Å². The van der Waals surface area contributed by atoms with Gasteiger partial charge in [0.2, 0.25) is 6.79 Å². The second-order valence-electron chi connectivity index (χ2n) is 5.01. The van der Waals surface area contributed by atoms with Crippen molar-refractivity contribution in [3.63, 3.8) is 0 Å². The summed E-state index contributed by atoms with van der Waals surface area (Å²) in [6.45, 7) is 2.26. The van der Waals surface area contributed by atoms with Crippen LogP contribution in [0.1, 0.15) is 28.8 Å². The molecule has 19 heavy (non-hydrogen) atoms. The quantitative estimate of drug-likeness (QED) is 0.865. The lowest BCUT2D eigenvalue weighted by Crippen LogP contribution is -2.28. The molecule has 0 aromatic heterocycles. The van der Waals surface area contributed by atoms with Crippen LogP contribution in [-0.4, -0.2) is 26.2 Å². The van der Waals surface area contributed by atoms with Gasteiger partial charge in [-0.25, -0.2) is 0 Å². The second-order valence-corrected chi connectivity index (χ2v) is 5.41. The zero-order valence-electron chi connectivity index (χ0n) is 10.6. The molecule has 2 heterocycles. The van der Waals surface area contributed by atoms with Gasteiger partial charge in [0.1, 0.15) is 0 Å². The van der Waals surface area contributed by atoms with E-state index < -0.39 is 0 Å². The molecule has 1 aromatic rings. The molecule has 2 aliphatic rings. The van der Waals surface area contributed by atoms with E-state index in [4.69, 9.17) is 21.1 Å². The summed E-state index contributed by atoms with van der Waals surface area (Å²) in [6.07, 6.45) is 3.92. The number of fused-ring (bicyclic) bond motifs is 1. The summed E-state index contributed by atoms with van der Waals surface area (Å²) in [5.41, 5.74) is 1.44. The molecule has 1 N–H and O–H groups in total. The largest absolute Gasteiger partial charge is 0.453 e. The summed E-state index contributed by atoms with van der Waals surface area (Å²) in [7, 11) is 0. The molecule has 102 valence electrons. The number of nitrogens with one attached hydrogen (secondary N) is 1. The van der Waals surface area contributed by atoms with Gasteiger partial charge >= 0.3 is 0 Å². The third kappa shape index (κ3) is 2.42. The molecule has 5 heteroatoms. The molecule has 0 aliphatic carbocycles. The minimum atomic E-state index is 0.162. The van der Waals surface area contributed by atoms with Crippen LogP contribution in [0.15, 0.2) is 6.07 Å². The van der Waals surface area contributed by atoms with E-state index in [2.05, 4.69) is 5.32 Å². The van der Waals surface area contributed by atoms with Gasteiger partial charge in [-0.15, -0.1) is 0 Å². The van der Waals surface area contributed by atoms with E-state index in [0.29, 0.717) is 28.0 Å². The van der Waals surface area contributed by atoms with Crippen molar-refractivity contribution in [2.45, 2.75) is 19.3 Å². The van der Waals surface area contributed by atoms with Gasteiger partial charge < -0.3 is 14.8 Å². The van der Waals surface area contributed by atoms with Crippen molar-refractivity contribution < 1.29 is 14.3 Å². The topological polar surface area (TPSA) is 47.6 Å². The average Bonchev–Trinajstić information content (AvgIpc) is 2.92. The third-order valence-corrected chi connectivity index (χ3v) is 4.14. The number of carbonyl (C=O) groups excluding carboxylic acids is 1. The SMILES string of the molecule is O=Cc1cc(Cl)c(CC2CCNCC2)c2c1OCO2. The molecule has 0 bridgehead atoms. The molecule has 2 aliphatic heterocycles. The summed E-state index contributed by atoms with van der Waals surface area (Å²) in [6, 6.07) is 1.68. The van der Waals surface area contributed by atoms with Crippen molar-refractivity contribution in [1.82, 2.24) is 5.32 Å². The van der Waals surface area contributed by atoms with Crippen molar-refractivity contribution in [1.29, 1.82) is 0 Å². The summed E-state index contributed by atoms with van der Waals surface area (Å²) < 4.78 is 10.9. The van der Waals surface area contributed by atoms with Crippen molar-refractivity contribution >= 4 is 17.9 Å². The lowest BCUT2D eigenvalue weighted by molar-refractivity contribution is 0.111. The highest BCUT2D eigenvalue weighted by molar-refractivity contribution is 6.32. The molecule has 0 unspecified atom stereocenters. The van der Waals surface area contributed by atoms with Gasteiger partial charge in [0.15, 0.2) is 17.8 Å². The van der Waals surface area contributed by atoms with Crippen LogP contribution in [0, 0.1) is 5.92 Å². The van der Waals surface area contributed by atoms with Crippen molar-refractivity contribution in [2.24, 2.45) is 5.92 Å². The zero-order valence-corrected chi connectivity index (χ0v) is 11.3. The molecule has 1 aromatic carbocycles. The van der Waals surface area contributed by atoms with Crippen LogP contribution in [0.2, 0.25) is 5.02 Å². The van der Waals surface area contributed by atoms with Crippen LogP contribution in [0.5, 0.6) is 11.5 Å². The Morgan fingerprint density at radius 1 is 1.32 bits per heavy atom. The standard InChI is InChI=1S/C14H16ClNO3/c15-12-6-10(7-17)13-14(19-8-18-13)11(12)5-9-1-3-16-4-2-9/h6-7,9,16H,1-5,8H2. The minimum Gasteiger partial charge on any atom is -0.453 e. The lowest BCUT2D eigenvalue weighted by atomic mass is 9.90. The van der Waals surface area contributed by atoms with Gasteiger partial charge in [0.05, 0.1) is 5.56 Å². The molecule has 0 spiro atoms. The molecular weight excluding hydrogens is 266 g/mol. The second kappa shape index (κ2) is 5.39. The first-order chi connectivity index (χ1) is 9.29. The van der Waals surface area contributed by atoms with Gasteiger partial charge in [0.25, 0.3) is 0 Å². The Kier molecular flexibility index (Phi) is 3.62. The Morgan fingerprint density at radius 2 is 2.05 bits per heavy atom. The molecule has 0 atom stereocenters. The van der Waals surface area contributed by atoms with Crippen LogP contribution in [0.25, 0.3) is 0 Å². The number of carbonyl (C=O) groups is 1. The first kappa shape index (κ1) is 12.8. The maximum atomic E-state index is 11.0. The third-order valence-electron chi connectivity index (χ3n) is 3.80. The summed E-state index contributed by atoms with van der Waals surface area (Å²) in [5.74, 6) is 1.81. The maximum absolute atomic E-state index is 11.0. The smallest absolute Gasteiger partial charge is 0.231 e. The Balaban J connectivity index is 1.92. The number of hydrogen-bond acceptors (Lipinski definition) is 4. The van der Waals surface area contributed by atoms with Crippen LogP contribution in [0.4, 0.5) is 0 Å². The zero-order chi connectivity index (χ0) is 13.2. The van der Waals surface area contributed by atoms with Gasteiger partial charge in [0, 0.05) is 10.6 Å².